The van der Waals surface area contributed by atoms with Crippen molar-refractivity contribution < 1.29 is 14.4 Å². The van der Waals surface area contributed by atoms with Gasteiger partial charge in [0.15, 0.2) is 0 Å². The SMILES string of the molecule is CC(N)C1CCN(C(=O)CN2C(=O)NC(=O)C2(C)C)CC1. The van der Waals surface area contributed by atoms with Gasteiger partial charge >= 0.3 is 6.03 Å². The number of nitrogens with one attached hydrogen (secondary N) is 1. The number of carbonyl (C=O) groups excluding carboxylic acids is 3. The first kappa shape index (κ1) is 15.8. The van der Waals surface area contributed by atoms with Crippen molar-refractivity contribution >= 4 is 17.8 Å². The molecule has 21 heavy (non-hydrogen) atoms. The fourth-order valence-corrected chi connectivity index (χ4v) is 2.87. The van der Waals surface area contributed by atoms with Gasteiger partial charge in [-0.05, 0) is 39.5 Å². The number of nitrogens with zero attached hydrogens (tertiary/aromatic N) is 2. The van der Waals surface area contributed by atoms with Crippen LogP contribution in [0.3, 0.4) is 0 Å². The van der Waals surface area contributed by atoms with Crippen LogP contribution in [-0.2, 0) is 9.59 Å². The molecule has 2 aliphatic rings. The van der Waals surface area contributed by atoms with Gasteiger partial charge < -0.3 is 15.5 Å². The van der Waals surface area contributed by atoms with E-state index in [-0.39, 0.29) is 24.4 Å². The molecule has 0 aromatic carbocycles. The summed E-state index contributed by atoms with van der Waals surface area (Å²) in [6, 6.07) is -0.355. The van der Waals surface area contributed by atoms with Gasteiger partial charge in [-0.1, -0.05) is 0 Å². The van der Waals surface area contributed by atoms with Crippen molar-refractivity contribution in [3.05, 3.63) is 0 Å². The molecule has 0 radical (unpaired) electrons. The van der Waals surface area contributed by atoms with Crippen LogP contribution in [0.15, 0.2) is 0 Å². The number of amides is 4. The highest BCUT2D eigenvalue weighted by atomic mass is 16.2. The van der Waals surface area contributed by atoms with Gasteiger partial charge in [-0.3, -0.25) is 14.9 Å². The number of imide groups is 1. The molecular weight excluding hydrogens is 272 g/mol. The lowest BCUT2D eigenvalue weighted by atomic mass is 9.91. The summed E-state index contributed by atoms with van der Waals surface area (Å²) in [7, 11) is 0. The molecule has 2 heterocycles. The van der Waals surface area contributed by atoms with Crippen molar-refractivity contribution in [1.82, 2.24) is 15.1 Å². The molecular formula is C14H24N4O3. The van der Waals surface area contributed by atoms with Gasteiger partial charge in [-0.25, -0.2) is 4.79 Å². The predicted octanol–water partition coefficient (Wildman–Crippen LogP) is -0.0974. The van der Waals surface area contributed by atoms with E-state index in [9.17, 15) is 14.4 Å². The van der Waals surface area contributed by atoms with E-state index in [0.29, 0.717) is 19.0 Å². The van der Waals surface area contributed by atoms with Crippen LogP contribution in [0.5, 0.6) is 0 Å². The molecule has 0 aromatic rings. The molecule has 0 saturated carbocycles. The Balaban J connectivity index is 1.94. The van der Waals surface area contributed by atoms with Crippen LogP contribution in [0.4, 0.5) is 4.79 Å². The molecule has 118 valence electrons. The minimum absolute atomic E-state index is 0.0621. The van der Waals surface area contributed by atoms with Crippen LogP contribution in [0.25, 0.3) is 0 Å². The van der Waals surface area contributed by atoms with Gasteiger partial charge in [0.1, 0.15) is 12.1 Å². The second kappa shape index (κ2) is 5.63. The fraction of sp³-hybridized carbons (Fsp3) is 0.786. The number of piperidine rings is 1. The minimum Gasteiger partial charge on any atom is -0.341 e. The van der Waals surface area contributed by atoms with Gasteiger partial charge in [-0.15, -0.1) is 0 Å². The first-order valence-electron chi connectivity index (χ1n) is 7.40. The molecule has 7 heteroatoms. The quantitative estimate of drug-likeness (QED) is 0.711. The third-order valence-electron chi connectivity index (χ3n) is 4.63. The molecule has 2 aliphatic heterocycles. The molecule has 4 amide bonds. The number of hydrogen-bond acceptors (Lipinski definition) is 4. The van der Waals surface area contributed by atoms with Crippen molar-refractivity contribution in [2.45, 2.75) is 45.2 Å². The fourth-order valence-electron chi connectivity index (χ4n) is 2.87. The van der Waals surface area contributed by atoms with Crippen LogP contribution in [-0.4, -0.2) is 58.9 Å². The van der Waals surface area contributed by atoms with Crippen molar-refractivity contribution in [2.24, 2.45) is 11.7 Å². The maximum Gasteiger partial charge on any atom is 0.325 e. The number of rotatable bonds is 3. The number of likely N-dealkylation sites (tertiary alicyclic amines) is 1. The van der Waals surface area contributed by atoms with Gasteiger partial charge in [0, 0.05) is 19.1 Å². The smallest absolute Gasteiger partial charge is 0.325 e. The molecule has 3 N–H and O–H groups in total. The molecule has 0 bridgehead atoms. The molecule has 2 saturated heterocycles. The van der Waals surface area contributed by atoms with E-state index in [1.54, 1.807) is 18.7 Å². The summed E-state index contributed by atoms with van der Waals surface area (Å²) in [6.07, 6.45) is 1.77. The number of nitrogens with two attached hydrogens (primary N) is 1. The van der Waals surface area contributed by atoms with Gasteiger partial charge in [0.2, 0.25) is 5.91 Å². The molecule has 0 spiro atoms. The van der Waals surface area contributed by atoms with E-state index in [0.717, 1.165) is 12.8 Å². The predicted molar refractivity (Wildman–Crippen MR) is 77.3 cm³/mol. The van der Waals surface area contributed by atoms with Crippen LogP contribution in [0.1, 0.15) is 33.6 Å². The number of hydrogen-bond donors (Lipinski definition) is 2. The Morgan fingerprint density at radius 1 is 1.38 bits per heavy atom. The normalized spacial score (nSPS) is 24.2. The van der Waals surface area contributed by atoms with Gasteiger partial charge in [-0.2, -0.15) is 0 Å². The highest BCUT2D eigenvalue weighted by molar-refractivity contribution is 6.07. The average Bonchev–Trinajstić information content (AvgIpc) is 2.61. The third kappa shape index (κ3) is 3.02. The van der Waals surface area contributed by atoms with E-state index in [1.165, 1.54) is 4.90 Å². The standard InChI is InChI=1S/C14H24N4O3/c1-9(15)10-4-6-17(7-5-10)11(19)8-18-13(21)16-12(20)14(18,2)3/h9-10H,4-8,15H2,1-3H3,(H,16,20,21). The van der Waals surface area contributed by atoms with E-state index in [2.05, 4.69) is 5.32 Å². The van der Waals surface area contributed by atoms with Gasteiger partial charge in [0.25, 0.3) is 5.91 Å². The van der Waals surface area contributed by atoms with Crippen molar-refractivity contribution in [3.63, 3.8) is 0 Å². The Labute approximate surface area is 124 Å². The lowest BCUT2D eigenvalue weighted by molar-refractivity contribution is -0.135. The Kier molecular flexibility index (Phi) is 4.22. The second-order valence-corrected chi connectivity index (χ2v) is 6.48. The summed E-state index contributed by atoms with van der Waals surface area (Å²) >= 11 is 0. The van der Waals surface area contributed by atoms with Gasteiger partial charge in [0.05, 0.1) is 0 Å². The first-order chi connectivity index (χ1) is 9.73. The molecule has 2 rings (SSSR count). The summed E-state index contributed by atoms with van der Waals surface area (Å²) in [5, 5.41) is 2.25. The monoisotopic (exact) mass is 296 g/mol. The van der Waals surface area contributed by atoms with E-state index >= 15 is 0 Å². The van der Waals surface area contributed by atoms with E-state index in [4.69, 9.17) is 5.73 Å². The third-order valence-corrected chi connectivity index (χ3v) is 4.63. The second-order valence-electron chi connectivity index (χ2n) is 6.48. The Hall–Kier alpha value is -1.63. The minimum atomic E-state index is -0.975. The van der Waals surface area contributed by atoms with Crippen LogP contribution in [0, 0.1) is 5.92 Å². The summed E-state index contributed by atoms with van der Waals surface area (Å²) in [5.41, 5.74) is 4.91. The summed E-state index contributed by atoms with van der Waals surface area (Å²) in [4.78, 5) is 38.8. The highest BCUT2D eigenvalue weighted by Gasteiger charge is 2.46. The maximum atomic E-state index is 12.3. The Morgan fingerprint density at radius 2 is 1.95 bits per heavy atom. The molecule has 0 aromatic heterocycles. The van der Waals surface area contributed by atoms with Crippen LogP contribution < -0.4 is 11.1 Å². The van der Waals surface area contributed by atoms with Crippen molar-refractivity contribution in [1.29, 1.82) is 0 Å². The molecule has 1 unspecified atom stereocenters. The largest absolute Gasteiger partial charge is 0.341 e. The zero-order chi connectivity index (χ0) is 15.8. The Morgan fingerprint density at radius 3 is 2.38 bits per heavy atom. The molecule has 7 nitrogen and oxygen atoms in total. The maximum absolute atomic E-state index is 12.3. The molecule has 0 aliphatic carbocycles. The topological polar surface area (TPSA) is 95.7 Å². The molecule has 1 atom stereocenters. The average molecular weight is 296 g/mol. The van der Waals surface area contributed by atoms with Crippen LogP contribution in [0.2, 0.25) is 0 Å². The summed E-state index contributed by atoms with van der Waals surface area (Å²) in [5.74, 6) is -0.0332. The molecule has 2 fully saturated rings. The van der Waals surface area contributed by atoms with E-state index in [1.807, 2.05) is 6.92 Å². The summed E-state index contributed by atoms with van der Waals surface area (Å²) in [6.45, 7) is 6.54. The Bertz CT molecular complexity index is 453. The van der Waals surface area contributed by atoms with Crippen molar-refractivity contribution in [2.75, 3.05) is 19.6 Å². The number of urea groups is 1. The zero-order valence-corrected chi connectivity index (χ0v) is 12.9. The van der Waals surface area contributed by atoms with Crippen molar-refractivity contribution in [3.8, 4) is 0 Å². The first-order valence-corrected chi connectivity index (χ1v) is 7.40. The van der Waals surface area contributed by atoms with E-state index < -0.39 is 11.6 Å². The highest BCUT2D eigenvalue weighted by Crippen LogP contribution is 2.23. The lowest BCUT2D eigenvalue weighted by Crippen LogP contribution is -2.51. The summed E-state index contributed by atoms with van der Waals surface area (Å²) < 4.78 is 0. The lowest BCUT2D eigenvalue weighted by Gasteiger charge is -2.35. The zero-order valence-electron chi connectivity index (χ0n) is 12.9. The van der Waals surface area contributed by atoms with Crippen LogP contribution >= 0.6 is 0 Å². The number of carbonyl (C=O) groups is 3.